The van der Waals surface area contributed by atoms with Crippen molar-refractivity contribution < 1.29 is 24.2 Å². The van der Waals surface area contributed by atoms with E-state index in [1.165, 1.54) is 4.90 Å². The smallest absolute Gasteiger partial charge is 0.253 e. The Hall–Kier alpha value is -4.24. The zero-order valence-corrected chi connectivity index (χ0v) is 26.3. The molecule has 9 heteroatoms. The lowest BCUT2D eigenvalue weighted by atomic mass is 9.70. The third-order valence-electron chi connectivity index (χ3n) is 9.54. The van der Waals surface area contributed by atoms with Gasteiger partial charge in [0.1, 0.15) is 11.6 Å². The van der Waals surface area contributed by atoms with Crippen LogP contribution in [0.15, 0.2) is 110 Å². The van der Waals surface area contributed by atoms with Crippen LogP contribution in [0.1, 0.15) is 30.0 Å². The molecule has 1 spiro atoms. The van der Waals surface area contributed by atoms with Gasteiger partial charge in [0.15, 0.2) is 0 Å². The molecule has 2 unspecified atom stereocenters. The van der Waals surface area contributed by atoms with Crippen LogP contribution in [0.2, 0.25) is 5.02 Å². The van der Waals surface area contributed by atoms with Crippen molar-refractivity contribution in [2.45, 2.75) is 43.2 Å². The summed E-state index contributed by atoms with van der Waals surface area (Å²) >= 11 is 6.17. The first-order valence-electron chi connectivity index (χ1n) is 15.6. The molecule has 3 fully saturated rings. The average Bonchev–Trinajstić information content (AvgIpc) is 3.72. The second kappa shape index (κ2) is 13.2. The molecule has 6 rings (SSSR count). The molecular formula is C37H38ClN3O5. The molecule has 0 saturated carbocycles. The van der Waals surface area contributed by atoms with Gasteiger partial charge in [-0.2, -0.15) is 0 Å². The third kappa shape index (κ3) is 5.44. The van der Waals surface area contributed by atoms with Crippen molar-refractivity contribution in [2.75, 3.05) is 24.6 Å². The highest BCUT2D eigenvalue weighted by atomic mass is 35.5. The molecule has 3 aromatic rings. The molecule has 3 saturated heterocycles. The first-order chi connectivity index (χ1) is 22.3. The zero-order valence-electron chi connectivity index (χ0n) is 25.6. The number of aliphatic hydroxyl groups excluding tert-OH is 1. The molecule has 0 aliphatic carbocycles. The molecule has 8 nitrogen and oxygen atoms in total. The van der Waals surface area contributed by atoms with Gasteiger partial charge in [-0.15, -0.1) is 13.2 Å². The number of hydrogen-bond donors (Lipinski definition) is 1. The first kappa shape index (κ1) is 31.7. The van der Waals surface area contributed by atoms with Crippen LogP contribution < -0.4 is 4.90 Å². The number of aliphatic hydroxyl groups is 1. The molecule has 3 aliphatic heterocycles. The number of likely N-dealkylation sites (tertiary alicyclic amines) is 1. The normalized spacial score (nSPS) is 25.2. The quantitative estimate of drug-likeness (QED) is 0.276. The molecule has 2 bridgehead atoms. The van der Waals surface area contributed by atoms with Crippen molar-refractivity contribution in [3.05, 3.63) is 126 Å². The minimum atomic E-state index is -1.25. The number of ether oxygens (including phenoxy) is 1. The van der Waals surface area contributed by atoms with Crippen LogP contribution in [-0.2, 0) is 25.7 Å². The molecule has 3 amide bonds. The van der Waals surface area contributed by atoms with Crippen molar-refractivity contribution in [3.8, 4) is 0 Å². The van der Waals surface area contributed by atoms with E-state index in [2.05, 4.69) is 13.2 Å². The summed E-state index contributed by atoms with van der Waals surface area (Å²) in [6, 6.07) is 23.8. The number of benzene rings is 3. The van der Waals surface area contributed by atoms with E-state index in [0.717, 1.165) is 5.56 Å². The van der Waals surface area contributed by atoms with E-state index >= 15 is 0 Å². The fourth-order valence-corrected chi connectivity index (χ4v) is 7.77. The van der Waals surface area contributed by atoms with Gasteiger partial charge in [-0.1, -0.05) is 84.4 Å². The Morgan fingerprint density at radius 2 is 1.63 bits per heavy atom. The lowest BCUT2D eigenvalue weighted by Crippen LogP contribution is -2.57. The maximum absolute atomic E-state index is 14.9. The zero-order chi connectivity index (χ0) is 32.4. The lowest BCUT2D eigenvalue weighted by molar-refractivity contribution is -0.147. The number of carbonyl (C=O) groups is 3. The Balaban J connectivity index is 1.44. The van der Waals surface area contributed by atoms with Crippen LogP contribution in [0.4, 0.5) is 5.69 Å². The van der Waals surface area contributed by atoms with Crippen LogP contribution in [0.5, 0.6) is 0 Å². The van der Waals surface area contributed by atoms with Gasteiger partial charge in [-0.05, 0) is 48.2 Å². The summed E-state index contributed by atoms with van der Waals surface area (Å²) in [5.74, 6) is -2.63. The second-order valence-electron chi connectivity index (χ2n) is 12.1. The molecule has 3 aromatic carbocycles. The Morgan fingerprint density at radius 1 is 0.978 bits per heavy atom. The maximum atomic E-state index is 14.9. The van der Waals surface area contributed by atoms with Crippen LogP contribution in [0.3, 0.4) is 0 Å². The van der Waals surface area contributed by atoms with E-state index in [1.807, 2.05) is 60.7 Å². The molecule has 6 atom stereocenters. The summed E-state index contributed by atoms with van der Waals surface area (Å²) in [4.78, 5) is 48.9. The molecule has 3 heterocycles. The number of carbonyl (C=O) groups excluding carboxylic acids is 3. The molecule has 3 aliphatic rings. The Morgan fingerprint density at radius 3 is 2.26 bits per heavy atom. The van der Waals surface area contributed by atoms with Crippen molar-refractivity contribution in [2.24, 2.45) is 11.8 Å². The van der Waals surface area contributed by atoms with E-state index in [4.69, 9.17) is 16.3 Å². The van der Waals surface area contributed by atoms with Crippen LogP contribution >= 0.6 is 11.6 Å². The van der Waals surface area contributed by atoms with Crippen molar-refractivity contribution in [3.63, 3.8) is 0 Å². The van der Waals surface area contributed by atoms with Crippen molar-refractivity contribution in [1.82, 2.24) is 9.80 Å². The van der Waals surface area contributed by atoms with Crippen LogP contribution in [0, 0.1) is 11.8 Å². The molecular weight excluding hydrogens is 602 g/mol. The SMILES string of the molecule is C=CCN(Cc1ccccc1)C(=O)[C@@H]1[C@H]2C(=O)N([C@H](CO)c3ccccc3)C(C(=O)N(CC=C)c3ccc(Cl)cc3)C23CC[C@H]1O3. The maximum Gasteiger partial charge on any atom is 0.253 e. The Labute approximate surface area is 274 Å². The van der Waals surface area contributed by atoms with Gasteiger partial charge in [0.2, 0.25) is 11.8 Å². The Kier molecular flexibility index (Phi) is 9.13. The molecule has 0 radical (unpaired) electrons. The molecule has 238 valence electrons. The molecule has 1 N–H and O–H groups in total. The average molecular weight is 640 g/mol. The highest BCUT2D eigenvalue weighted by Gasteiger charge is 2.75. The van der Waals surface area contributed by atoms with E-state index < -0.39 is 42.2 Å². The summed E-state index contributed by atoms with van der Waals surface area (Å²) in [6.45, 7) is 8.15. The summed E-state index contributed by atoms with van der Waals surface area (Å²) < 4.78 is 6.73. The number of anilines is 1. The third-order valence-corrected chi connectivity index (χ3v) is 9.80. The number of hydrogen-bond acceptors (Lipinski definition) is 5. The lowest BCUT2D eigenvalue weighted by Gasteiger charge is -2.39. The molecule has 46 heavy (non-hydrogen) atoms. The standard InChI is InChI=1S/C37H38ClN3O5/c1-3-21-39(23-25-11-7-5-8-12-25)34(43)31-30-19-20-37(46-30)32(31)35(44)41(29(24-42)26-13-9-6-10-14-26)33(37)36(45)40(22-4-2)28-17-15-27(38)16-18-28/h3-18,29-33,42H,1-2,19-24H2/t29-,30-,31+,32+,33?,37?/m1/s1. The summed E-state index contributed by atoms with van der Waals surface area (Å²) in [7, 11) is 0. The Bertz CT molecular complexity index is 1600. The number of nitrogens with zero attached hydrogens (tertiary/aromatic N) is 3. The summed E-state index contributed by atoms with van der Waals surface area (Å²) in [5, 5.41) is 11.3. The predicted octanol–water partition coefficient (Wildman–Crippen LogP) is 5.18. The van der Waals surface area contributed by atoms with Gasteiger partial charge in [0, 0.05) is 30.3 Å². The van der Waals surface area contributed by atoms with E-state index in [1.54, 1.807) is 46.2 Å². The predicted molar refractivity (Wildman–Crippen MR) is 177 cm³/mol. The monoisotopic (exact) mass is 639 g/mol. The van der Waals surface area contributed by atoms with Gasteiger partial charge in [-0.25, -0.2) is 0 Å². The summed E-state index contributed by atoms with van der Waals surface area (Å²) in [6.07, 6.45) is 3.74. The van der Waals surface area contributed by atoms with Gasteiger partial charge >= 0.3 is 0 Å². The van der Waals surface area contributed by atoms with Gasteiger partial charge < -0.3 is 24.5 Å². The highest BCUT2D eigenvalue weighted by Crippen LogP contribution is 2.60. The number of rotatable bonds is 12. The minimum absolute atomic E-state index is 0.171. The largest absolute Gasteiger partial charge is 0.394 e. The fourth-order valence-electron chi connectivity index (χ4n) is 7.64. The van der Waals surface area contributed by atoms with Crippen LogP contribution in [-0.4, -0.2) is 70.1 Å². The van der Waals surface area contributed by atoms with E-state index in [9.17, 15) is 19.5 Å². The van der Waals surface area contributed by atoms with Crippen molar-refractivity contribution in [1.29, 1.82) is 0 Å². The number of halogens is 1. The van der Waals surface area contributed by atoms with Gasteiger partial charge in [-0.3, -0.25) is 14.4 Å². The van der Waals surface area contributed by atoms with E-state index in [0.29, 0.717) is 42.2 Å². The fraction of sp³-hybridized carbons (Fsp3) is 0.324. The number of fused-ring (bicyclic) bond motifs is 1. The van der Waals surface area contributed by atoms with Crippen LogP contribution in [0.25, 0.3) is 0 Å². The van der Waals surface area contributed by atoms with Gasteiger partial charge in [0.05, 0.1) is 30.6 Å². The second-order valence-corrected chi connectivity index (χ2v) is 12.6. The van der Waals surface area contributed by atoms with E-state index in [-0.39, 0.29) is 24.3 Å². The molecule has 0 aromatic heterocycles. The topological polar surface area (TPSA) is 90.4 Å². The van der Waals surface area contributed by atoms with Gasteiger partial charge in [0.25, 0.3) is 5.91 Å². The highest BCUT2D eigenvalue weighted by molar-refractivity contribution is 6.30. The summed E-state index contributed by atoms with van der Waals surface area (Å²) in [5.41, 5.74) is 0.974. The first-order valence-corrected chi connectivity index (χ1v) is 16.0. The number of amides is 3. The minimum Gasteiger partial charge on any atom is -0.394 e. The van der Waals surface area contributed by atoms with Crippen molar-refractivity contribution >= 4 is 35.0 Å².